The van der Waals surface area contributed by atoms with Crippen LogP contribution in [0, 0.1) is 6.92 Å². The van der Waals surface area contributed by atoms with E-state index in [4.69, 9.17) is 0 Å². The molecule has 0 fully saturated rings. The fourth-order valence-electron chi connectivity index (χ4n) is 1.52. The van der Waals surface area contributed by atoms with Crippen molar-refractivity contribution in [2.75, 3.05) is 11.9 Å². The molecule has 0 aliphatic carbocycles. The third-order valence-electron chi connectivity index (χ3n) is 2.48. The molecule has 1 N–H and O–H groups in total. The summed E-state index contributed by atoms with van der Waals surface area (Å²) in [7, 11) is 1.55. The Labute approximate surface area is 125 Å². The quantitative estimate of drug-likeness (QED) is 0.911. The molecule has 0 saturated heterocycles. The molecule has 2 aromatic rings. The van der Waals surface area contributed by atoms with Gasteiger partial charge in [-0.05, 0) is 45.8 Å². The van der Waals surface area contributed by atoms with Crippen molar-refractivity contribution in [3.63, 3.8) is 0 Å². The molecule has 0 bridgehead atoms. The number of nitrogens with zero attached hydrogens (tertiary/aromatic N) is 2. The molecule has 2 heterocycles. The monoisotopic (exact) mass is 360 g/mol. The lowest BCUT2D eigenvalue weighted by molar-refractivity contribution is 0.0697. The van der Waals surface area contributed by atoms with Gasteiger partial charge in [0.25, 0.3) is 5.91 Å². The minimum atomic E-state index is -1.08. The lowest BCUT2D eigenvalue weighted by atomic mass is 10.2. The van der Waals surface area contributed by atoms with E-state index >= 15 is 0 Å². The number of halogens is 1. The maximum absolute atomic E-state index is 12.3. The molecule has 19 heavy (non-hydrogen) atoms. The van der Waals surface area contributed by atoms with E-state index in [0.29, 0.717) is 20.0 Å². The number of aromatic nitrogens is 1. The molecular formula is C11H9BrN2O3S2. The molecule has 1 amide bonds. The first-order valence-electron chi connectivity index (χ1n) is 5.14. The van der Waals surface area contributed by atoms with Gasteiger partial charge in [0.2, 0.25) is 0 Å². The number of carbonyl (C=O) groups is 2. The van der Waals surface area contributed by atoms with Gasteiger partial charge in [0.15, 0.2) is 0 Å². The fraction of sp³-hybridized carbons (Fsp3) is 0.182. The fourth-order valence-corrected chi connectivity index (χ4v) is 3.89. The largest absolute Gasteiger partial charge is 0.478 e. The zero-order chi connectivity index (χ0) is 14.2. The molecule has 5 nitrogen and oxygen atoms in total. The number of carboxylic acids is 1. The molecule has 100 valence electrons. The van der Waals surface area contributed by atoms with E-state index in [2.05, 4.69) is 20.3 Å². The van der Waals surface area contributed by atoms with Crippen molar-refractivity contribution in [3.05, 3.63) is 32.1 Å². The topological polar surface area (TPSA) is 70.5 Å². The lowest BCUT2D eigenvalue weighted by Crippen LogP contribution is -2.26. The number of thiophene rings is 1. The van der Waals surface area contributed by atoms with Crippen molar-refractivity contribution in [2.45, 2.75) is 6.92 Å². The van der Waals surface area contributed by atoms with Crippen molar-refractivity contribution < 1.29 is 14.7 Å². The molecule has 2 aromatic heterocycles. The maximum atomic E-state index is 12.3. The van der Waals surface area contributed by atoms with Crippen LogP contribution in [0.3, 0.4) is 0 Å². The van der Waals surface area contributed by atoms with Crippen LogP contribution in [0.4, 0.5) is 5.00 Å². The smallest absolute Gasteiger partial charge is 0.340 e. The maximum Gasteiger partial charge on any atom is 0.340 e. The average molecular weight is 361 g/mol. The van der Waals surface area contributed by atoms with Gasteiger partial charge in [0.1, 0.15) is 15.4 Å². The molecule has 0 radical (unpaired) electrons. The van der Waals surface area contributed by atoms with Gasteiger partial charge in [-0.25, -0.2) is 4.79 Å². The second-order valence-corrected chi connectivity index (χ2v) is 6.24. The Morgan fingerprint density at radius 2 is 2.16 bits per heavy atom. The summed E-state index contributed by atoms with van der Waals surface area (Å²) in [6, 6.07) is 1.78. The summed E-state index contributed by atoms with van der Waals surface area (Å²) in [5.41, 5.74) is 0.492. The van der Waals surface area contributed by atoms with Crippen LogP contribution in [0.5, 0.6) is 0 Å². The minimum Gasteiger partial charge on any atom is -0.478 e. The SMILES string of the molecule is Cc1nsc(N(C)C(=O)c2sccc2Br)c1C(=O)O. The van der Waals surface area contributed by atoms with E-state index in [9.17, 15) is 14.7 Å². The molecule has 8 heteroatoms. The molecule has 0 aliphatic rings. The van der Waals surface area contributed by atoms with Crippen LogP contribution in [0.1, 0.15) is 25.7 Å². The van der Waals surface area contributed by atoms with Crippen LogP contribution in [0.2, 0.25) is 0 Å². The zero-order valence-corrected chi connectivity index (χ0v) is 13.2. The first-order chi connectivity index (χ1) is 8.93. The third kappa shape index (κ3) is 2.56. The molecule has 0 aliphatic heterocycles. The number of anilines is 1. The minimum absolute atomic E-state index is 0.0773. The van der Waals surface area contributed by atoms with Crippen molar-refractivity contribution in [1.82, 2.24) is 4.37 Å². The van der Waals surface area contributed by atoms with Gasteiger partial charge in [0.05, 0.1) is 5.69 Å². The summed E-state index contributed by atoms with van der Waals surface area (Å²) < 4.78 is 4.71. The van der Waals surface area contributed by atoms with Crippen LogP contribution in [-0.2, 0) is 0 Å². The summed E-state index contributed by atoms with van der Waals surface area (Å²) in [4.78, 5) is 25.4. The van der Waals surface area contributed by atoms with Gasteiger partial charge in [-0.15, -0.1) is 11.3 Å². The number of aryl methyl sites for hydroxylation is 1. The normalized spacial score (nSPS) is 10.5. The first kappa shape index (κ1) is 14.2. The second-order valence-electron chi connectivity index (χ2n) is 3.72. The Bertz CT molecular complexity index is 650. The molecule has 0 aromatic carbocycles. The Hall–Kier alpha value is -1.25. The van der Waals surface area contributed by atoms with Crippen LogP contribution in [-0.4, -0.2) is 28.4 Å². The number of hydrogen-bond donors (Lipinski definition) is 1. The summed E-state index contributed by atoms with van der Waals surface area (Å²) in [6.07, 6.45) is 0. The van der Waals surface area contributed by atoms with Crippen molar-refractivity contribution in [3.8, 4) is 0 Å². The van der Waals surface area contributed by atoms with Crippen molar-refractivity contribution >= 4 is 55.7 Å². The van der Waals surface area contributed by atoms with E-state index in [1.54, 1.807) is 25.4 Å². The zero-order valence-electron chi connectivity index (χ0n) is 10.0. The molecule has 0 spiro atoms. The van der Waals surface area contributed by atoms with Gasteiger partial charge < -0.3 is 10.0 Å². The Balaban J connectivity index is 2.40. The molecule has 0 atom stereocenters. The molecule has 2 rings (SSSR count). The standard InChI is InChI=1S/C11H9BrN2O3S2/c1-5-7(11(16)17)10(19-13-5)14(2)9(15)8-6(12)3-4-18-8/h3-4H,1-2H3,(H,16,17). The van der Waals surface area contributed by atoms with E-state index in [0.717, 1.165) is 11.5 Å². The highest BCUT2D eigenvalue weighted by Crippen LogP contribution is 2.31. The number of aromatic carboxylic acids is 1. The van der Waals surface area contributed by atoms with Crippen LogP contribution < -0.4 is 4.90 Å². The highest BCUT2D eigenvalue weighted by atomic mass is 79.9. The van der Waals surface area contributed by atoms with Gasteiger partial charge in [0, 0.05) is 11.5 Å². The summed E-state index contributed by atoms with van der Waals surface area (Å²) in [5.74, 6) is -1.33. The summed E-state index contributed by atoms with van der Waals surface area (Å²) >= 11 is 5.60. The van der Waals surface area contributed by atoms with Gasteiger partial charge in [-0.2, -0.15) is 4.37 Å². The molecule has 0 unspecified atom stereocenters. The number of hydrogen-bond acceptors (Lipinski definition) is 5. The van der Waals surface area contributed by atoms with Gasteiger partial charge >= 0.3 is 5.97 Å². The summed E-state index contributed by atoms with van der Waals surface area (Å²) in [5, 5.41) is 11.3. The van der Waals surface area contributed by atoms with E-state index in [1.165, 1.54) is 16.2 Å². The molecular weight excluding hydrogens is 352 g/mol. The van der Waals surface area contributed by atoms with Crippen LogP contribution >= 0.6 is 38.8 Å². The molecule has 0 saturated carbocycles. The number of rotatable bonds is 3. The predicted molar refractivity (Wildman–Crippen MR) is 78.6 cm³/mol. The van der Waals surface area contributed by atoms with E-state index < -0.39 is 5.97 Å². The Morgan fingerprint density at radius 1 is 1.47 bits per heavy atom. The third-order valence-corrected chi connectivity index (χ3v) is 5.32. The highest BCUT2D eigenvalue weighted by Gasteiger charge is 2.26. The van der Waals surface area contributed by atoms with Crippen LogP contribution in [0.15, 0.2) is 15.9 Å². The van der Waals surface area contributed by atoms with E-state index in [1.807, 2.05) is 0 Å². The van der Waals surface area contributed by atoms with Gasteiger partial charge in [-0.3, -0.25) is 4.79 Å². The first-order valence-corrected chi connectivity index (χ1v) is 7.58. The van der Waals surface area contributed by atoms with E-state index in [-0.39, 0.29) is 11.5 Å². The Morgan fingerprint density at radius 3 is 2.68 bits per heavy atom. The van der Waals surface area contributed by atoms with Crippen LogP contribution in [0.25, 0.3) is 0 Å². The van der Waals surface area contributed by atoms with Crippen molar-refractivity contribution in [2.24, 2.45) is 0 Å². The number of carboxylic acid groups (broad SMARTS) is 1. The predicted octanol–water partition coefficient (Wildman–Crippen LogP) is 3.25. The lowest BCUT2D eigenvalue weighted by Gasteiger charge is -2.15. The average Bonchev–Trinajstić information content (AvgIpc) is 2.93. The number of carbonyl (C=O) groups excluding carboxylic acids is 1. The van der Waals surface area contributed by atoms with Gasteiger partial charge in [-0.1, -0.05) is 0 Å². The van der Waals surface area contributed by atoms with Crippen molar-refractivity contribution in [1.29, 1.82) is 0 Å². The second kappa shape index (κ2) is 5.40. The highest BCUT2D eigenvalue weighted by molar-refractivity contribution is 9.10. The Kier molecular flexibility index (Phi) is 4.02. The summed E-state index contributed by atoms with van der Waals surface area (Å²) in [6.45, 7) is 1.61. The number of amides is 1.